The Morgan fingerprint density at radius 3 is 2.78 bits per heavy atom. The third-order valence-electron chi connectivity index (χ3n) is 1.67. The molecule has 0 aromatic carbocycles. The predicted molar refractivity (Wildman–Crippen MR) is 37.5 cm³/mol. The minimum absolute atomic E-state index is 0.0700. The lowest BCUT2D eigenvalue weighted by atomic mass is 9.92. The van der Waals surface area contributed by atoms with E-state index in [1.54, 1.807) is 0 Å². The Labute approximate surface area is 62.7 Å². The molecule has 52 valence electrons. The van der Waals surface area contributed by atoms with Gasteiger partial charge in [0.15, 0.2) is 0 Å². The summed E-state index contributed by atoms with van der Waals surface area (Å²) < 4.78 is 4.79. The van der Waals surface area contributed by atoms with Crippen LogP contribution in [0.25, 0.3) is 0 Å². The van der Waals surface area contributed by atoms with E-state index in [0.717, 1.165) is 6.42 Å². The van der Waals surface area contributed by atoms with Crippen LogP contribution >= 0.6 is 15.9 Å². The molecule has 1 atom stereocenters. The third-order valence-corrected chi connectivity index (χ3v) is 2.91. The second-order valence-corrected chi connectivity index (χ2v) is 3.14. The molecule has 0 amide bonds. The number of ether oxygens (including phenoxy) is 1. The molecule has 0 bridgehead atoms. The van der Waals surface area contributed by atoms with Crippen molar-refractivity contribution in [2.45, 2.75) is 13.3 Å². The van der Waals surface area contributed by atoms with Gasteiger partial charge in [0.05, 0.1) is 12.0 Å². The smallest absolute Gasteiger partial charge is 0.312 e. The van der Waals surface area contributed by atoms with Gasteiger partial charge >= 0.3 is 5.97 Å². The Kier molecular flexibility index (Phi) is 1.80. The Bertz CT molecular complexity index is 135. The fourth-order valence-corrected chi connectivity index (χ4v) is 1.28. The summed E-state index contributed by atoms with van der Waals surface area (Å²) >= 11 is 3.27. The van der Waals surface area contributed by atoms with Crippen LogP contribution in [0.3, 0.4) is 0 Å². The van der Waals surface area contributed by atoms with Crippen molar-refractivity contribution in [1.82, 2.24) is 0 Å². The normalized spacial score (nSPS) is 34.7. The minimum atomic E-state index is -0.250. The van der Waals surface area contributed by atoms with Crippen molar-refractivity contribution in [1.29, 1.82) is 0 Å². The van der Waals surface area contributed by atoms with E-state index in [4.69, 9.17) is 4.74 Å². The molecule has 0 aliphatic carbocycles. The van der Waals surface area contributed by atoms with Gasteiger partial charge in [-0.2, -0.15) is 0 Å². The number of hydrogen-bond acceptors (Lipinski definition) is 2. The van der Waals surface area contributed by atoms with E-state index >= 15 is 0 Å². The summed E-state index contributed by atoms with van der Waals surface area (Å²) in [7, 11) is 0. The van der Waals surface area contributed by atoms with Gasteiger partial charge in [-0.05, 0) is 13.3 Å². The number of halogens is 1. The van der Waals surface area contributed by atoms with Crippen LogP contribution in [0.5, 0.6) is 0 Å². The summed E-state index contributed by atoms with van der Waals surface area (Å²) in [6, 6.07) is 0. The van der Waals surface area contributed by atoms with Crippen LogP contribution in [-0.2, 0) is 9.53 Å². The average Bonchev–Trinajstić information content (AvgIpc) is 2.15. The maximum absolute atomic E-state index is 10.9. The van der Waals surface area contributed by atoms with E-state index in [2.05, 4.69) is 15.9 Å². The number of esters is 1. The number of cyclic esters (lactones) is 1. The highest BCUT2D eigenvalue weighted by Gasteiger charge is 2.38. The first-order valence-electron chi connectivity index (χ1n) is 2.92. The van der Waals surface area contributed by atoms with Gasteiger partial charge in [-0.25, -0.2) is 0 Å². The van der Waals surface area contributed by atoms with Gasteiger partial charge < -0.3 is 4.74 Å². The molecular weight excluding hydrogens is 184 g/mol. The molecular formula is C6H9BrO2. The average molecular weight is 193 g/mol. The molecule has 1 fully saturated rings. The van der Waals surface area contributed by atoms with Crippen molar-refractivity contribution >= 4 is 21.9 Å². The molecule has 0 aromatic rings. The van der Waals surface area contributed by atoms with Crippen molar-refractivity contribution < 1.29 is 9.53 Å². The van der Waals surface area contributed by atoms with E-state index in [1.807, 2.05) is 6.92 Å². The fourth-order valence-electron chi connectivity index (χ4n) is 0.767. The maximum Gasteiger partial charge on any atom is 0.312 e. The minimum Gasteiger partial charge on any atom is -0.465 e. The number of alkyl halides is 1. The third kappa shape index (κ3) is 1.11. The highest BCUT2D eigenvalue weighted by Crippen LogP contribution is 2.30. The van der Waals surface area contributed by atoms with Crippen LogP contribution in [-0.4, -0.2) is 17.9 Å². The second kappa shape index (κ2) is 2.29. The second-order valence-electron chi connectivity index (χ2n) is 2.58. The Morgan fingerprint density at radius 2 is 2.56 bits per heavy atom. The summed E-state index contributed by atoms with van der Waals surface area (Å²) in [5.74, 6) is -0.0700. The molecule has 3 heteroatoms. The zero-order valence-corrected chi connectivity index (χ0v) is 6.90. The van der Waals surface area contributed by atoms with Crippen LogP contribution in [0, 0.1) is 5.41 Å². The zero-order chi connectivity index (χ0) is 6.91. The summed E-state index contributed by atoms with van der Waals surface area (Å²) in [5, 5.41) is 0.707. The van der Waals surface area contributed by atoms with Crippen molar-refractivity contribution in [2.75, 3.05) is 11.9 Å². The molecule has 0 aromatic heterocycles. The molecule has 9 heavy (non-hydrogen) atoms. The first-order chi connectivity index (χ1) is 4.19. The largest absolute Gasteiger partial charge is 0.465 e. The number of carbonyl (C=O) groups excluding carboxylic acids is 1. The number of carbonyl (C=O) groups is 1. The molecule has 0 radical (unpaired) electrons. The molecule has 0 saturated carbocycles. The summed E-state index contributed by atoms with van der Waals surface area (Å²) in [6.07, 6.45) is 0.844. The highest BCUT2D eigenvalue weighted by molar-refractivity contribution is 9.09. The SMILES string of the molecule is CC1(CBr)CCOC1=O. The first-order valence-corrected chi connectivity index (χ1v) is 4.04. The Balaban J connectivity index is 2.67. The van der Waals surface area contributed by atoms with Gasteiger partial charge in [-0.15, -0.1) is 0 Å². The van der Waals surface area contributed by atoms with E-state index in [-0.39, 0.29) is 11.4 Å². The Hall–Kier alpha value is -0.0500. The van der Waals surface area contributed by atoms with Crippen LogP contribution in [0.2, 0.25) is 0 Å². The molecule has 1 heterocycles. The van der Waals surface area contributed by atoms with Crippen molar-refractivity contribution in [3.05, 3.63) is 0 Å². The molecule has 1 rings (SSSR count). The lowest BCUT2D eigenvalue weighted by Gasteiger charge is -2.12. The quantitative estimate of drug-likeness (QED) is 0.463. The molecule has 0 spiro atoms. The number of hydrogen-bond donors (Lipinski definition) is 0. The van der Waals surface area contributed by atoms with Crippen LogP contribution in [0.4, 0.5) is 0 Å². The molecule has 0 N–H and O–H groups in total. The lowest BCUT2D eigenvalue weighted by Crippen LogP contribution is -2.23. The zero-order valence-electron chi connectivity index (χ0n) is 5.32. The van der Waals surface area contributed by atoms with Gasteiger partial charge in [0.1, 0.15) is 0 Å². The van der Waals surface area contributed by atoms with E-state index in [0.29, 0.717) is 11.9 Å². The molecule has 1 saturated heterocycles. The lowest BCUT2D eigenvalue weighted by molar-refractivity contribution is -0.144. The van der Waals surface area contributed by atoms with Crippen LogP contribution in [0.15, 0.2) is 0 Å². The van der Waals surface area contributed by atoms with Crippen molar-refractivity contribution in [3.8, 4) is 0 Å². The summed E-state index contributed by atoms with van der Waals surface area (Å²) in [6.45, 7) is 2.50. The predicted octanol–water partition coefficient (Wildman–Crippen LogP) is 1.33. The van der Waals surface area contributed by atoms with Gasteiger partial charge in [0.2, 0.25) is 0 Å². The molecule has 1 unspecified atom stereocenters. The fraction of sp³-hybridized carbons (Fsp3) is 0.833. The topological polar surface area (TPSA) is 26.3 Å². The van der Waals surface area contributed by atoms with Gasteiger partial charge in [-0.3, -0.25) is 4.79 Å². The molecule has 1 aliphatic heterocycles. The number of rotatable bonds is 1. The van der Waals surface area contributed by atoms with Gasteiger partial charge in [0, 0.05) is 5.33 Å². The van der Waals surface area contributed by atoms with Gasteiger partial charge in [-0.1, -0.05) is 15.9 Å². The van der Waals surface area contributed by atoms with Crippen LogP contribution < -0.4 is 0 Å². The molecule has 2 nitrogen and oxygen atoms in total. The monoisotopic (exact) mass is 192 g/mol. The van der Waals surface area contributed by atoms with E-state index < -0.39 is 0 Å². The summed E-state index contributed by atoms with van der Waals surface area (Å²) in [5.41, 5.74) is -0.250. The van der Waals surface area contributed by atoms with Crippen molar-refractivity contribution in [3.63, 3.8) is 0 Å². The maximum atomic E-state index is 10.9. The standard InChI is InChI=1S/C6H9BrO2/c1-6(4-7)2-3-9-5(6)8/h2-4H2,1H3. The van der Waals surface area contributed by atoms with Gasteiger partial charge in [0.25, 0.3) is 0 Å². The van der Waals surface area contributed by atoms with Crippen molar-refractivity contribution in [2.24, 2.45) is 5.41 Å². The first kappa shape index (κ1) is 7.06. The van der Waals surface area contributed by atoms with E-state index in [9.17, 15) is 4.79 Å². The Morgan fingerprint density at radius 1 is 1.89 bits per heavy atom. The highest BCUT2D eigenvalue weighted by atomic mass is 79.9. The van der Waals surface area contributed by atoms with Crippen LogP contribution in [0.1, 0.15) is 13.3 Å². The summed E-state index contributed by atoms with van der Waals surface area (Å²) in [4.78, 5) is 10.9. The van der Waals surface area contributed by atoms with E-state index in [1.165, 1.54) is 0 Å². The molecule has 1 aliphatic rings.